The first-order valence-electron chi connectivity index (χ1n) is 6.85. The summed E-state index contributed by atoms with van der Waals surface area (Å²) < 4.78 is 5.73. The number of rotatable bonds is 4. The van der Waals surface area contributed by atoms with Crippen molar-refractivity contribution >= 4 is 11.6 Å². The highest BCUT2D eigenvalue weighted by atomic mass is 35.5. The summed E-state index contributed by atoms with van der Waals surface area (Å²) in [4.78, 5) is 0. The Morgan fingerprint density at radius 3 is 2.61 bits per heavy atom. The fraction of sp³-hybridized carbons (Fsp3) is 0.600. The van der Waals surface area contributed by atoms with Gasteiger partial charge in [0.05, 0.1) is 11.6 Å². The average Bonchev–Trinajstić information content (AvgIpc) is 2.33. The maximum atomic E-state index is 6.36. The van der Waals surface area contributed by atoms with Crippen LogP contribution in [0.4, 0.5) is 0 Å². The van der Waals surface area contributed by atoms with Crippen molar-refractivity contribution in [2.75, 3.05) is 6.61 Å². The van der Waals surface area contributed by atoms with Gasteiger partial charge in [0.25, 0.3) is 0 Å². The Balaban J connectivity index is 2.47. The van der Waals surface area contributed by atoms with Crippen LogP contribution in [0.1, 0.15) is 43.4 Å². The summed E-state index contributed by atoms with van der Waals surface area (Å²) in [6.45, 7) is 4.71. The van der Waals surface area contributed by atoms with Crippen LogP contribution in [0.15, 0.2) is 6.07 Å². The minimum atomic E-state index is 0.171. The second-order valence-electron chi connectivity index (χ2n) is 5.13. The Morgan fingerprint density at radius 1 is 1.33 bits per heavy atom. The van der Waals surface area contributed by atoms with Gasteiger partial charge in [-0.3, -0.25) is 0 Å². The van der Waals surface area contributed by atoms with Gasteiger partial charge in [-0.2, -0.15) is 0 Å². The number of hydrogen-bond donors (Lipinski definition) is 1. The molecule has 1 aromatic carbocycles. The van der Waals surface area contributed by atoms with E-state index in [1.165, 1.54) is 29.5 Å². The number of benzene rings is 1. The normalized spacial score (nSPS) is 16.2. The molecule has 0 saturated heterocycles. The van der Waals surface area contributed by atoms with Crippen LogP contribution < -0.4 is 10.5 Å². The molecule has 2 N–H and O–H groups in total. The summed E-state index contributed by atoms with van der Waals surface area (Å²) in [5.74, 6) is 0.905. The Hall–Kier alpha value is -0.730. The van der Waals surface area contributed by atoms with Crippen molar-refractivity contribution in [3.8, 4) is 5.75 Å². The Morgan fingerprint density at radius 2 is 2.00 bits per heavy atom. The summed E-state index contributed by atoms with van der Waals surface area (Å²) in [6, 6.07) is 2.23. The van der Waals surface area contributed by atoms with E-state index in [1.807, 2.05) is 13.8 Å². The largest absolute Gasteiger partial charge is 0.492 e. The molecule has 0 radical (unpaired) electrons. The van der Waals surface area contributed by atoms with Gasteiger partial charge in [0, 0.05) is 6.04 Å². The van der Waals surface area contributed by atoms with Gasteiger partial charge >= 0.3 is 0 Å². The Bertz CT molecular complexity index is 429. The Kier molecular flexibility index (Phi) is 4.52. The Labute approximate surface area is 114 Å². The minimum absolute atomic E-state index is 0.171. The summed E-state index contributed by atoms with van der Waals surface area (Å²) in [5, 5.41) is 0.744. The van der Waals surface area contributed by atoms with Crippen LogP contribution in [0.5, 0.6) is 5.75 Å². The van der Waals surface area contributed by atoms with Gasteiger partial charge in [-0.1, -0.05) is 11.6 Å². The van der Waals surface area contributed by atoms with Crippen molar-refractivity contribution < 1.29 is 4.74 Å². The number of hydrogen-bond acceptors (Lipinski definition) is 2. The lowest BCUT2D eigenvalue weighted by molar-refractivity contribution is 0.334. The van der Waals surface area contributed by atoms with Crippen molar-refractivity contribution in [3.05, 3.63) is 27.8 Å². The number of nitrogens with two attached hydrogens (primary N) is 1. The third-order valence-corrected chi connectivity index (χ3v) is 3.76. The molecule has 1 aliphatic carbocycles. The number of ether oxygens (including phenoxy) is 1. The highest BCUT2D eigenvalue weighted by molar-refractivity contribution is 6.32. The second kappa shape index (κ2) is 5.94. The van der Waals surface area contributed by atoms with Crippen molar-refractivity contribution in [2.45, 2.75) is 52.0 Å². The zero-order valence-corrected chi connectivity index (χ0v) is 12.0. The van der Waals surface area contributed by atoms with Crippen molar-refractivity contribution in [2.24, 2.45) is 5.73 Å². The van der Waals surface area contributed by atoms with E-state index >= 15 is 0 Å². The van der Waals surface area contributed by atoms with Crippen molar-refractivity contribution in [1.82, 2.24) is 0 Å². The molecular weight excluding hydrogens is 246 g/mol. The molecule has 1 aliphatic rings. The summed E-state index contributed by atoms with van der Waals surface area (Å²) in [7, 11) is 0. The van der Waals surface area contributed by atoms with Crippen LogP contribution >= 0.6 is 11.6 Å². The molecule has 100 valence electrons. The fourth-order valence-corrected chi connectivity index (χ4v) is 3.09. The molecule has 0 aromatic heterocycles. The van der Waals surface area contributed by atoms with E-state index in [1.54, 1.807) is 0 Å². The third kappa shape index (κ3) is 2.81. The van der Waals surface area contributed by atoms with E-state index in [0.29, 0.717) is 6.61 Å². The highest BCUT2D eigenvalue weighted by Gasteiger charge is 2.21. The third-order valence-electron chi connectivity index (χ3n) is 3.48. The predicted octanol–water partition coefficient (Wildman–Crippen LogP) is 3.51. The smallest absolute Gasteiger partial charge is 0.141 e. The lowest BCUT2D eigenvalue weighted by atomic mass is 9.85. The topological polar surface area (TPSA) is 35.2 Å². The van der Waals surface area contributed by atoms with Gasteiger partial charge in [-0.05, 0) is 68.7 Å². The molecule has 0 heterocycles. The first kappa shape index (κ1) is 13.7. The van der Waals surface area contributed by atoms with Crippen LogP contribution in [0.25, 0.3) is 0 Å². The van der Waals surface area contributed by atoms with E-state index in [9.17, 15) is 0 Å². The fourth-order valence-electron chi connectivity index (χ4n) is 2.79. The van der Waals surface area contributed by atoms with E-state index in [0.717, 1.165) is 30.0 Å². The summed E-state index contributed by atoms with van der Waals surface area (Å²) in [5.41, 5.74) is 10.0. The lowest BCUT2D eigenvalue weighted by Crippen LogP contribution is -2.20. The summed E-state index contributed by atoms with van der Waals surface area (Å²) >= 11 is 6.36. The monoisotopic (exact) mass is 267 g/mol. The van der Waals surface area contributed by atoms with Crippen molar-refractivity contribution in [1.29, 1.82) is 0 Å². The standard InChI is InChI=1S/C15H22ClNO/c1-3-18-15-13-7-5-4-6-12(13)11(8-10(2)17)9-14(15)16/h9-10H,3-8,17H2,1-2H3. The molecule has 0 spiro atoms. The van der Waals surface area contributed by atoms with E-state index in [-0.39, 0.29) is 6.04 Å². The first-order chi connectivity index (χ1) is 8.63. The molecular formula is C15H22ClNO. The first-order valence-corrected chi connectivity index (χ1v) is 7.22. The molecule has 1 atom stereocenters. The molecule has 2 nitrogen and oxygen atoms in total. The zero-order valence-electron chi connectivity index (χ0n) is 11.3. The van der Waals surface area contributed by atoms with E-state index < -0.39 is 0 Å². The maximum Gasteiger partial charge on any atom is 0.141 e. The van der Waals surface area contributed by atoms with Crippen LogP contribution in [0.2, 0.25) is 5.02 Å². The molecule has 0 saturated carbocycles. The molecule has 0 fully saturated rings. The molecule has 1 unspecified atom stereocenters. The highest BCUT2D eigenvalue weighted by Crippen LogP contribution is 2.38. The minimum Gasteiger partial charge on any atom is -0.492 e. The van der Waals surface area contributed by atoms with Gasteiger partial charge in [0.1, 0.15) is 5.75 Å². The van der Waals surface area contributed by atoms with E-state index in [4.69, 9.17) is 22.1 Å². The van der Waals surface area contributed by atoms with Gasteiger partial charge in [0.15, 0.2) is 0 Å². The van der Waals surface area contributed by atoms with Gasteiger partial charge in [-0.15, -0.1) is 0 Å². The van der Waals surface area contributed by atoms with Crippen LogP contribution in [0, 0.1) is 0 Å². The maximum absolute atomic E-state index is 6.36. The van der Waals surface area contributed by atoms with Gasteiger partial charge < -0.3 is 10.5 Å². The lowest BCUT2D eigenvalue weighted by Gasteiger charge is -2.24. The average molecular weight is 268 g/mol. The van der Waals surface area contributed by atoms with Gasteiger partial charge in [0.2, 0.25) is 0 Å². The molecule has 0 amide bonds. The molecule has 3 heteroatoms. The zero-order chi connectivity index (χ0) is 13.1. The van der Waals surface area contributed by atoms with Crippen LogP contribution in [-0.2, 0) is 19.3 Å². The number of halogens is 1. The van der Waals surface area contributed by atoms with Gasteiger partial charge in [-0.25, -0.2) is 0 Å². The summed E-state index contributed by atoms with van der Waals surface area (Å²) in [6.07, 6.45) is 5.59. The quantitative estimate of drug-likeness (QED) is 0.906. The van der Waals surface area contributed by atoms with Crippen LogP contribution in [-0.4, -0.2) is 12.6 Å². The molecule has 18 heavy (non-hydrogen) atoms. The molecule has 2 rings (SSSR count). The van der Waals surface area contributed by atoms with E-state index in [2.05, 4.69) is 6.07 Å². The second-order valence-corrected chi connectivity index (χ2v) is 5.53. The predicted molar refractivity (Wildman–Crippen MR) is 76.6 cm³/mol. The molecule has 1 aromatic rings. The SMILES string of the molecule is CCOc1c(Cl)cc(CC(C)N)c2c1CCCC2. The number of fused-ring (bicyclic) bond motifs is 1. The van der Waals surface area contributed by atoms with Crippen LogP contribution in [0.3, 0.4) is 0 Å². The molecule has 0 aliphatic heterocycles. The van der Waals surface area contributed by atoms with Crippen molar-refractivity contribution in [3.63, 3.8) is 0 Å². The molecule has 0 bridgehead atoms.